The van der Waals surface area contributed by atoms with Gasteiger partial charge in [0.15, 0.2) is 0 Å². The molecule has 0 amide bonds. The van der Waals surface area contributed by atoms with Crippen molar-refractivity contribution in [3.63, 3.8) is 0 Å². The van der Waals surface area contributed by atoms with Gasteiger partial charge >= 0.3 is 0 Å². The highest BCUT2D eigenvalue weighted by atomic mass is 32.1. The lowest BCUT2D eigenvalue weighted by molar-refractivity contribution is 0.254. The summed E-state index contributed by atoms with van der Waals surface area (Å²) in [6.45, 7) is 8.25. The molecule has 0 spiro atoms. The minimum atomic E-state index is 0.165. The Morgan fingerprint density at radius 3 is 2.58 bits per heavy atom. The molecule has 5 heteroatoms. The van der Waals surface area contributed by atoms with E-state index in [0.717, 1.165) is 30.2 Å². The second kappa shape index (κ2) is 6.30. The molecule has 0 aliphatic heterocycles. The van der Waals surface area contributed by atoms with Crippen LogP contribution < -0.4 is 11.1 Å². The molecule has 106 valence electrons. The van der Waals surface area contributed by atoms with Gasteiger partial charge in [-0.05, 0) is 38.6 Å². The largest absolute Gasteiger partial charge is 0.389 e. The molecular weight excluding hydrogens is 256 g/mol. The minimum Gasteiger partial charge on any atom is -0.389 e. The summed E-state index contributed by atoms with van der Waals surface area (Å²) in [5, 5.41) is 3.37. The van der Waals surface area contributed by atoms with E-state index < -0.39 is 0 Å². The van der Waals surface area contributed by atoms with E-state index in [1.54, 1.807) is 0 Å². The monoisotopic (exact) mass is 280 g/mol. The van der Waals surface area contributed by atoms with Gasteiger partial charge in [-0.3, -0.25) is 0 Å². The molecule has 0 unspecified atom stereocenters. The highest BCUT2D eigenvalue weighted by molar-refractivity contribution is 7.80. The van der Waals surface area contributed by atoms with Crippen molar-refractivity contribution in [1.82, 2.24) is 9.88 Å². The molecule has 0 aromatic carbocycles. The summed E-state index contributed by atoms with van der Waals surface area (Å²) in [7, 11) is 4.16. The molecule has 0 aliphatic rings. The van der Waals surface area contributed by atoms with Crippen LogP contribution in [0.2, 0.25) is 0 Å². The first-order chi connectivity index (χ1) is 8.69. The topological polar surface area (TPSA) is 54.2 Å². The molecule has 0 atom stereocenters. The van der Waals surface area contributed by atoms with Crippen molar-refractivity contribution in [2.24, 2.45) is 11.1 Å². The molecule has 0 radical (unpaired) electrons. The normalized spacial score (nSPS) is 11.7. The number of aromatic nitrogens is 1. The van der Waals surface area contributed by atoms with Gasteiger partial charge in [0.05, 0.1) is 0 Å². The van der Waals surface area contributed by atoms with Gasteiger partial charge in [0.25, 0.3) is 0 Å². The van der Waals surface area contributed by atoms with E-state index >= 15 is 0 Å². The molecule has 4 nitrogen and oxygen atoms in total. The van der Waals surface area contributed by atoms with Gasteiger partial charge in [0, 0.05) is 24.3 Å². The van der Waals surface area contributed by atoms with Crippen molar-refractivity contribution in [2.45, 2.75) is 20.8 Å². The molecule has 0 saturated carbocycles. The van der Waals surface area contributed by atoms with Gasteiger partial charge in [-0.1, -0.05) is 26.1 Å². The lowest BCUT2D eigenvalue weighted by Crippen LogP contribution is -2.34. The van der Waals surface area contributed by atoms with Gasteiger partial charge < -0.3 is 16.0 Å². The Morgan fingerprint density at radius 2 is 2.05 bits per heavy atom. The van der Waals surface area contributed by atoms with Gasteiger partial charge in [-0.2, -0.15) is 0 Å². The van der Waals surface area contributed by atoms with E-state index in [1.807, 2.05) is 19.1 Å². The number of nitrogens with zero attached hydrogens (tertiary/aromatic N) is 2. The van der Waals surface area contributed by atoms with Crippen LogP contribution in [-0.4, -0.2) is 42.1 Å². The molecule has 3 N–H and O–H groups in total. The first kappa shape index (κ1) is 15.9. The zero-order valence-corrected chi connectivity index (χ0v) is 13.3. The maximum absolute atomic E-state index is 5.67. The number of aryl methyl sites for hydroxylation is 1. The number of nitrogens with two attached hydrogens (primary N) is 1. The average Bonchev–Trinajstić information content (AvgIpc) is 2.24. The highest BCUT2D eigenvalue weighted by Crippen LogP contribution is 2.18. The Morgan fingerprint density at radius 1 is 1.42 bits per heavy atom. The van der Waals surface area contributed by atoms with Gasteiger partial charge in [-0.25, -0.2) is 4.98 Å². The smallest absolute Gasteiger partial charge is 0.126 e. The number of thiocarbonyl (C=S) groups is 1. The van der Waals surface area contributed by atoms with Crippen LogP contribution in [-0.2, 0) is 0 Å². The molecule has 19 heavy (non-hydrogen) atoms. The fraction of sp³-hybridized carbons (Fsp3) is 0.571. The zero-order valence-electron chi connectivity index (χ0n) is 12.4. The number of hydrogen-bond donors (Lipinski definition) is 2. The summed E-state index contributed by atoms with van der Waals surface area (Å²) >= 11 is 5.01. The van der Waals surface area contributed by atoms with E-state index in [0.29, 0.717) is 4.99 Å². The summed E-state index contributed by atoms with van der Waals surface area (Å²) in [4.78, 5) is 7.05. The average molecular weight is 280 g/mol. The van der Waals surface area contributed by atoms with E-state index in [-0.39, 0.29) is 5.41 Å². The van der Waals surface area contributed by atoms with Crippen molar-refractivity contribution in [3.05, 3.63) is 23.4 Å². The lowest BCUT2D eigenvalue weighted by atomic mass is 9.93. The van der Waals surface area contributed by atoms with Crippen LogP contribution in [0, 0.1) is 12.3 Å². The summed E-state index contributed by atoms with van der Waals surface area (Å²) in [6.07, 6.45) is 0. The lowest BCUT2D eigenvalue weighted by Gasteiger charge is -2.28. The molecule has 0 bridgehead atoms. The Bertz CT molecular complexity index is 455. The van der Waals surface area contributed by atoms with E-state index in [4.69, 9.17) is 18.0 Å². The molecule has 1 aromatic rings. The molecule has 1 heterocycles. The Balaban J connectivity index is 2.75. The number of hydrogen-bond acceptors (Lipinski definition) is 4. The summed E-state index contributed by atoms with van der Waals surface area (Å²) < 4.78 is 0. The standard InChI is InChI=1S/C14H24N4S/c1-10-6-11(13(15)19)7-12(17-10)16-8-14(2,3)9-18(4)5/h6-7H,8-9H2,1-5H3,(H2,15,19)(H,16,17). The third-order valence-electron chi connectivity index (χ3n) is 2.73. The molecule has 0 saturated heterocycles. The number of anilines is 1. The zero-order chi connectivity index (χ0) is 14.6. The van der Waals surface area contributed by atoms with Crippen LogP contribution in [0.25, 0.3) is 0 Å². The molecule has 0 fully saturated rings. The predicted molar refractivity (Wildman–Crippen MR) is 85.7 cm³/mol. The second-order valence-corrected chi connectivity index (χ2v) is 6.44. The summed E-state index contributed by atoms with van der Waals surface area (Å²) in [5.74, 6) is 0.828. The molecule has 0 aliphatic carbocycles. The summed E-state index contributed by atoms with van der Waals surface area (Å²) in [5.41, 5.74) is 7.61. The number of pyridine rings is 1. The first-order valence-corrected chi connectivity index (χ1v) is 6.77. The van der Waals surface area contributed by atoms with Crippen LogP contribution in [0.5, 0.6) is 0 Å². The van der Waals surface area contributed by atoms with Crippen LogP contribution >= 0.6 is 12.2 Å². The van der Waals surface area contributed by atoms with Crippen LogP contribution in [0.3, 0.4) is 0 Å². The van der Waals surface area contributed by atoms with Crippen molar-refractivity contribution in [1.29, 1.82) is 0 Å². The molecule has 1 rings (SSSR count). The van der Waals surface area contributed by atoms with Crippen molar-refractivity contribution in [2.75, 3.05) is 32.5 Å². The van der Waals surface area contributed by atoms with Crippen LogP contribution in [0.15, 0.2) is 12.1 Å². The van der Waals surface area contributed by atoms with E-state index in [2.05, 4.69) is 43.1 Å². The molecule has 1 aromatic heterocycles. The van der Waals surface area contributed by atoms with Gasteiger partial charge in [0.1, 0.15) is 10.8 Å². The Hall–Kier alpha value is -1.20. The number of nitrogens with one attached hydrogen (secondary N) is 1. The minimum absolute atomic E-state index is 0.165. The van der Waals surface area contributed by atoms with Gasteiger partial charge in [-0.15, -0.1) is 0 Å². The van der Waals surface area contributed by atoms with Crippen molar-refractivity contribution < 1.29 is 0 Å². The van der Waals surface area contributed by atoms with E-state index in [9.17, 15) is 0 Å². The summed E-state index contributed by atoms with van der Waals surface area (Å²) in [6, 6.07) is 3.81. The van der Waals surface area contributed by atoms with E-state index in [1.165, 1.54) is 0 Å². The number of rotatable bonds is 6. The second-order valence-electron chi connectivity index (χ2n) is 6.00. The SMILES string of the molecule is Cc1cc(C(N)=S)cc(NCC(C)(C)CN(C)C)n1. The first-order valence-electron chi connectivity index (χ1n) is 6.37. The third-order valence-corrected chi connectivity index (χ3v) is 2.97. The van der Waals surface area contributed by atoms with Crippen LogP contribution in [0.1, 0.15) is 25.1 Å². The molecular formula is C14H24N4S. The van der Waals surface area contributed by atoms with Gasteiger partial charge in [0.2, 0.25) is 0 Å². The Kier molecular flexibility index (Phi) is 5.26. The predicted octanol–water partition coefficient (Wildman–Crippen LogP) is 2.02. The van der Waals surface area contributed by atoms with Crippen LogP contribution in [0.4, 0.5) is 5.82 Å². The maximum atomic E-state index is 5.67. The quantitative estimate of drug-likeness (QED) is 0.781. The Labute approximate surface area is 121 Å². The third kappa shape index (κ3) is 5.53. The maximum Gasteiger partial charge on any atom is 0.126 e. The van der Waals surface area contributed by atoms with Crippen molar-refractivity contribution >= 4 is 23.0 Å². The fourth-order valence-electron chi connectivity index (χ4n) is 2.14. The highest BCUT2D eigenvalue weighted by Gasteiger charge is 2.18. The fourth-order valence-corrected chi connectivity index (χ4v) is 2.26. The van der Waals surface area contributed by atoms with Crippen molar-refractivity contribution in [3.8, 4) is 0 Å².